The highest BCUT2D eigenvalue weighted by Gasteiger charge is 2.18. The van der Waals surface area contributed by atoms with Crippen molar-refractivity contribution in [1.82, 2.24) is 0 Å². The molecular weight excluding hydrogens is 238 g/mol. The van der Waals surface area contributed by atoms with Crippen LogP contribution in [-0.2, 0) is 4.79 Å². The largest absolute Gasteiger partial charge is 0.493 e. The Bertz CT molecular complexity index is 446. The van der Waals surface area contributed by atoms with Gasteiger partial charge in [-0.05, 0) is 0 Å². The Morgan fingerprint density at radius 2 is 2.12 bits per heavy atom. The standard InChI is InChI=1S/C9H8ClNO5/c1-5(12)16-9-7(10)3-6(11(13)14)4-8(9)15-2/h3-4H,1-2H3. The van der Waals surface area contributed by atoms with Gasteiger partial charge in [-0.1, -0.05) is 11.6 Å². The summed E-state index contributed by atoms with van der Waals surface area (Å²) in [6.45, 7) is 1.19. The van der Waals surface area contributed by atoms with Gasteiger partial charge in [0.05, 0.1) is 23.1 Å². The highest BCUT2D eigenvalue weighted by molar-refractivity contribution is 6.32. The van der Waals surface area contributed by atoms with Crippen LogP contribution in [0.4, 0.5) is 5.69 Å². The smallest absolute Gasteiger partial charge is 0.308 e. The number of carbonyl (C=O) groups is 1. The Morgan fingerprint density at radius 3 is 2.56 bits per heavy atom. The molecule has 0 saturated heterocycles. The van der Waals surface area contributed by atoms with E-state index in [4.69, 9.17) is 21.1 Å². The predicted molar refractivity (Wildman–Crippen MR) is 56.0 cm³/mol. The number of benzene rings is 1. The highest BCUT2D eigenvalue weighted by Crippen LogP contribution is 2.38. The van der Waals surface area contributed by atoms with Crippen LogP contribution >= 0.6 is 11.6 Å². The van der Waals surface area contributed by atoms with Crippen LogP contribution in [0, 0.1) is 10.1 Å². The number of nitro benzene ring substituents is 1. The first kappa shape index (κ1) is 12.3. The van der Waals surface area contributed by atoms with Crippen molar-refractivity contribution in [2.45, 2.75) is 6.92 Å². The van der Waals surface area contributed by atoms with Gasteiger partial charge in [-0.15, -0.1) is 0 Å². The van der Waals surface area contributed by atoms with E-state index in [9.17, 15) is 14.9 Å². The molecule has 0 bridgehead atoms. The fourth-order valence-corrected chi connectivity index (χ4v) is 1.30. The van der Waals surface area contributed by atoms with E-state index in [1.807, 2.05) is 0 Å². The Morgan fingerprint density at radius 1 is 1.50 bits per heavy atom. The van der Waals surface area contributed by atoms with Crippen LogP contribution < -0.4 is 9.47 Å². The maximum atomic E-state index is 10.8. The zero-order chi connectivity index (χ0) is 12.3. The van der Waals surface area contributed by atoms with E-state index >= 15 is 0 Å². The molecule has 0 N–H and O–H groups in total. The summed E-state index contributed by atoms with van der Waals surface area (Å²) in [6, 6.07) is 2.21. The maximum absolute atomic E-state index is 10.8. The van der Waals surface area contributed by atoms with Crippen LogP contribution in [0.25, 0.3) is 0 Å². The molecular formula is C9H8ClNO5. The number of non-ortho nitro benzene ring substituents is 1. The molecule has 0 heterocycles. The average molecular weight is 246 g/mol. The summed E-state index contributed by atoms with van der Waals surface area (Å²) < 4.78 is 9.64. The summed E-state index contributed by atoms with van der Waals surface area (Å²) >= 11 is 5.74. The molecule has 0 aliphatic rings. The van der Waals surface area contributed by atoms with E-state index in [0.717, 1.165) is 12.1 Å². The molecule has 1 rings (SSSR count). The molecule has 0 fully saturated rings. The normalized spacial score (nSPS) is 9.69. The maximum Gasteiger partial charge on any atom is 0.308 e. The van der Waals surface area contributed by atoms with Crippen molar-refractivity contribution in [3.63, 3.8) is 0 Å². The van der Waals surface area contributed by atoms with Crippen molar-refractivity contribution >= 4 is 23.3 Å². The lowest BCUT2D eigenvalue weighted by atomic mass is 10.3. The van der Waals surface area contributed by atoms with E-state index in [1.54, 1.807) is 0 Å². The molecule has 0 aliphatic heterocycles. The van der Waals surface area contributed by atoms with Crippen molar-refractivity contribution in [3.8, 4) is 11.5 Å². The third-order valence-electron chi connectivity index (χ3n) is 1.67. The summed E-state index contributed by atoms with van der Waals surface area (Å²) in [5, 5.41) is 10.5. The van der Waals surface area contributed by atoms with Gasteiger partial charge in [-0.3, -0.25) is 14.9 Å². The van der Waals surface area contributed by atoms with Gasteiger partial charge >= 0.3 is 5.97 Å². The SMILES string of the molecule is COc1cc([N+](=O)[O-])cc(Cl)c1OC(C)=O. The lowest BCUT2D eigenvalue weighted by Gasteiger charge is -2.09. The molecule has 0 saturated carbocycles. The predicted octanol–water partition coefficient (Wildman–Crippen LogP) is 2.18. The number of hydrogen-bond acceptors (Lipinski definition) is 5. The van der Waals surface area contributed by atoms with Crippen LogP contribution in [-0.4, -0.2) is 18.0 Å². The minimum atomic E-state index is -0.619. The van der Waals surface area contributed by atoms with E-state index in [2.05, 4.69) is 0 Å². The number of rotatable bonds is 3. The van der Waals surface area contributed by atoms with Crippen molar-refractivity contribution < 1.29 is 19.2 Å². The number of methoxy groups -OCH3 is 1. The Kier molecular flexibility index (Phi) is 3.68. The number of carbonyl (C=O) groups excluding carboxylic acids is 1. The Balaban J connectivity index is 3.28. The molecule has 0 aliphatic carbocycles. The number of nitro groups is 1. The molecule has 7 heteroatoms. The number of halogens is 1. The van der Waals surface area contributed by atoms with Crippen molar-refractivity contribution in [3.05, 3.63) is 27.3 Å². The minimum Gasteiger partial charge on any atom is -0.493 e. The minimum absolute atomic E-state index is 0.0257. The fraction of sp³-hybridized carbons (Fsp3) is 0.222. The van der Waals surface area contributed by atoms with Crippen molar-refractivity contribution in [2.75, 3.05) is 7.11 Å². The van der Waals surface area contributed by atoms with Crippen LogP contribution in [0.15, 0.2) is 12.1 Å². The number of ether oxygens (including phenoxy) is 2. The van der Waals surface area contributed by atoms with Crippen molar-refractivity contribution in [1.29, 1.82) is 0 Å². The first-order chi connectivity index (χ1) is 7.45. The van der Waals surface area contributed by atoms with Gasteiger partial charge in [0.1, 0.15) is 0 Å². The average Bonchev–Trinajstić information content (AvgIpc) is 2.19. The molecule has 0 unspecified atom stereocenters. The molecule has 1 aromatic rings. The Hall–Kier alpha value is -1.82. The second-order valence-electron chi connectivity index (χ2n) is 2.81. The summed E-state index contributed by atoms with van der Waals surface area (Å²) in [5.74, 6) is -0.578. The lowest BCUT2D eigenvalue weighted by molar-refractivity contribution is -0.384. The third kappa shape index (κ3) is 2.60. The fourth-order valence-electron chi connectivity index (χ4n) is 1.05. The summed E-state index contributed by atoms with van der Waals surface area (Å²) in [7, 11) is 1.29. The van der Waals surface area contributed by atoms with E-state index in [-0.39, 0.29) is 22.2 Å². The summed E-state index contributed by atoms with van der Waals surface area (Å²) in [4.78, 5) is 20.7. The van der Waals surface area contributed by atoms with Gasteiger partial charge in [0.15, 0.2) is 11.5 Å². The second-order valence-corrected chi connectivity index (χ2v) is 3.22. The van der Waals surface area contributed by atoms with E-state index in [0.29, 0.717) is 0 Å². The Labute approximate surface area is 95.9 Å². The lowest BCUT2D eigenvalue weighted by Crippen LogP contribution is -2.04. The monoisotopic (exact) mass is 245 g/mol. The van der Waals surface area contributed by atoms with Crippen LogP contribution in [0.5, 0.6) is 11.5 Å². The summed E-state index contributed by atoms with van der Waals surface area (Å²) in [5.41, 5.74) is -0.238. The molecule has 0 aromatic heterocycles. The molecule has 1 aromatic carbocycles. The molecule has 0 atom stereocenters. The zero-order valence-corrected chi connectivity index (χ0v) is 9.28. The second kappa shape index (κ2) is 4.80. The summed E-state index contributed by atoms with van der Waals surface area (Å²) in [6.07, 6.45) is 0. The third-order valence-corrected chi connectivity index (χ3v) is 1.95. The number of nitrogens with zero attached hydrogens (tertiary/aromatic N) is 1. The van der Waals surface area contributed by atoms with Gasteiger partial charge in [-0.2, -0.15) is 0 Å². The van der Waals surface area contributed by atoms with Crippen LogP contribution in [0.2, 0.25) is 5.02 Å². The van der Waals surface area contributed by atoms with Crippen molar-refractivity contribution in [2.24, 2.45) is 0 Å². The highest BCUT2D eigenvalue weighted by atomic mass is 35.5. The topological polar surface area (TPSA) is 78.7 Å². The molecule has 0 radical (unpaired) electrons. The molecule has 6 nitrogen and oxygen atoms in total. The quantitative estimate of drug-likeness (QED) is 0.353. The van der Waals surface area contributed by atoms with E-state index in [1.165, 1.54) is 14.0 Å². The van der Waals surface area contributed by atoms with E-state index < -0.39 is 10.9 Å². The number of esters is 1. The molecule has 86 valence electrons. The van der Waals surface area contributed by atoms with Gasteiger partial charge in [0, 0.05) is 13.0 Å². The molecule has 0 spiro atoms. The molecule has 0 amide bonds. The van der Waals surface area contributed by atoms with Crippen LogP contribution in [0.3, 0.4) is 0 Å². The van der Waals surface area contributed by atoms with Crippen LogP contribution in [0.1, 0.15) is 6.92 Å². The first-order valence-corrected chi connectivity index (χ1v) is 4.54. The first-order valence-electron chi connectivity index (χ1n) is 4.16. The van der Waals surface area contributed by atoms with Gasteiger partial charge in [0.2, 0.25) is 0 Å². The number of hydrogen-bond donors (Lipinski definition) is 0. The van der Waals surface area contributed by atoms with Gasteiger partial charge < -0.3 is 9.47 Å². The molecule has 16 heavy (non-hydrogen) atoms. The van der Waals surface area contributed by atoms with Gasteiger partial charge in [-0.25, -0.2) is 0 Å². The zero-order valence-electron chi connectivity index (χ0n) is 8.52. The van der Waals surface area contributed by atoms with Gasteiger partial charge in [0.25, 0.3) is 5.69 Å².